The Hall–Kier alpha value is -2.38. The Morgan fingerprint density at radius 1 is 0.562 bits per heavy atom. The molecule has 8 nitrogen and oxygen atoms in total. The topological polar surface area (TPSA) is 127 Å². The van der Waals surface area contributed by atoms with Gasteiger partial charge in [0.1, 0.15) is 0 Å². The molecule has 0 aliphatic heterocycles. The molecular weight excluding hydrogens is 416 g/mol. The van der Waals surface area contributed by atoms with Gasteiger partial charge in [-0.15, -0.1) is 0 Å². The van der Waals surface area contributed by atoms with Gasteiger partial charge in [0.2, 0.25) is 0 Å². The molecule has 0 aromatic heterocycles. The Labute approximate surface area is 192 Å². The second kappa shape index (κ2) is 24.9. The van der Waals surface area contributed by atoms with Crippen LogP contribution in [0.3, 0.4) is 0 Å². The van der Waals surface area contributed by atoms with Gasteiger partial charge in [-0.3, -0.25) is 9.59 Å². The molecule has 0 heterocycles. The highest BCUT2D eigenvalue weighted by atomic mass is 16.5. The van der Waals surface area contributed by atoms with Crippen molar-refractivity contribution in [3.63, 3.8) is 0 Å². The van der Waals surface area contributed by atoms with Crippen LogP contribution in [0.25, 0.3) is 0 Å². The highest BCUT2D eigenvalue weighted by molar-refractivity contribution is 5.89. The number of ether oxygens (including phenoxy) is 2. The number of carbonyl (C=O) groups excluding carboxylic acids is 2. The van der Waals surface area contributed by atoms with Crippen molar-refractivity contribution < 1.29 is 38.9 Å². The zero-order chi connectivity index (χ0) is 24.5. The first-order valence-electron chi connectivity index (χ1n) is 11.8. The lowest BCUT2D eigenvalue weighted by molar-refractivity contribution is -0.150. The fraction of sp³-hybridized carbons (Fsp3) is 0.750. The van der Waals surface area contributed by atoms with Gasteiger partial charge in [-0.25, -0.2) is 9.59 Å². The summed E-state index contributed by atoms with van der Waals surface area (Å²) in [4.78, 5) is 42.2. The Bertz CT molecular complexity index is 482. The van der Waals surface area contributed by atoms with E-state index >= 15 is 0 Å². The zero-order valence-electron chi connectivity index (χ0n) is 19.8. The van der Waals surface area contributed by atoms with Gasteiger partial charge in [-0.1, -0.05) is 78.1 Å². The number of hydrogen-bond acceptors (Lipinski definition) is 6. The molecule has 0 aromatic rings. The van der Waals surface area contributed by atoms with Gasteiger partial charge in [0.25, 0.3) is 0 Å². The molecule has 0 rings (SSSR count). The van der Waals surface area contributed by atoms with Crippen molar-refractivity contribution in [2.75, 3.05) is 13.2 Å². The molecule has 0 unspecified atom stereocenters. The van der Waals surface area contributed by atoms with Gasteiger partial charge < -0.3 is 19.7 Å². The maximum Gasteiger partial charge on any atom is 0.328 e. The quantitative estimate of drug-likeness (QED) is 0.152. The Morgan fingerprint density at radius 2 is 0.875 bits per heavy atom. The fourth-order valence-electron chi connectivity index (χ4n) is 2.63. The molecule has 0 fully saturated rings. The lowest BCUT2D eigenvalue weighted by Gasteiger charge is -2.06. The van der Waals surface area contributed by atoms with E-state index in [9.17, 15) is 19.2 Å². The minimum Gasteiger partial charge on any atom is -0.478 e. The van der Waals surface area contributed by atoms with Crippen molar-refractivity contribution >= 4 is 23.9 Å². The summed E-state index contributed by atoms with van der Waals surface area (Å²) in [7, 11) is 0. The van der Waals surface area contributed by atoms with E-state index in [2.05, 4.69) is 13.8 Å². The standard InChI is InChI=1S/C20H38O4.C4H4O4/c1-3-5-7-9-11-13-17-23-19(21)15-16-20(22)24-18-14-12-10-8-6-4-2;5-3(6)1-2-4(7)8/h3-18H2,1-2H3;1-2H,(H,5,6)(H,7,8)/b;2-1-. The second-order valence-electron chi connectivity index (χ2n) is 7.49. The van der Waals surface area contributed by atoms with Crippen LogP contribution in [0, 0.1) is 0 Å². The minimum atomic E-state index is -1.26. The van der Waals surface area contributed by atoms with E-state index in [0.29, 0.717) is 25.4 Å². The number of hydrogen-bond donors (Lipinski definition) is 2. The van der Waals surface area contributed by atoms with E-state index in [4.69, 9.17) is 19.7 Å². The number of aliphatic carboxylic acids is 2. The van der Waals surface area contributed by atoms with Crippen LogP contribution in [0.4, 0.5) is 0 Å². The van der Waals surface area contributed by atoms with Crippen molar-refractivity contribution in [2.45, 2.75) is 104 Å². The van der Waals surface area contributed by atoms with Crippen LogP contribution in [-0.4, -0.2) is 47.3 Å². The van der Waals surface area contributed by atoms with Gasteiger partial charge in [-0.05, 0) is 12.8 Å². The summed E-state index contributed by atoms with van der Waals surface area (Å²) in [6, 6.07) is 0. The molecule has 0 amide bonds. The zero-order valence-corrected chi connectivity index (χ0v) is 19.8. The van der Waals surface area contributed by atoms with E-state index in [1.54, 1.807) is 0 Å². The van der Waals surface area contributed by atoms with Crippen molar-refractivity contribution in [1.82, 2.24) is 0 Å². The van der Waals surface area contributed by atoms with Crippen molar-refractivity contribution in [3.05, 3.63) is 12.2 Å². The molecule has 0 spiro atoms. The van der Waals surface area contributed by atoms with Crippen LogP contribution in [0.5, 0.6) is 0 Å². The fourth-order valence-corrected chi connectivity index (χ4v) is 2.63. The first kappa shape index (κ1) is 31.8. The molecule has 0 aromatic carbocycles. The Morgan fingerprint density at radius 3 is 1.19 bits per heavy atom. The third-order valence-corrected chi connectivity index (χ3v) is 4.42. The van der Waals surface area contributed by atoms with Crippen LogP contribution < -0.4 is 0 Å². The molecule has 0 saturated carbocycles. The average Bonchev–Trinajstić information content (AvgIpc) is 2.75. The number of rotatable bonds is 19. The third-order valence-electron chi connectivity index (χ3n) is 4.42. The van der Waals surface area contributed by atoms with Gasteiger partial charge in [0.15, 0.2) is 0 Å². The molecule has 0 aliphatic carbocycles. The summed E-state index contributed by atoms with van der Waals surface area (Å²) in [6.45, 7) is 5.33. The maximum atomic E-state index is 11.5. The summed E-state index contributed by atoms with van der Waals surface area (Å²) in [5, 5.41) is 15.6. The number of esters is 2. The van der Waals surface area contributed by atoms with Crippen LogP contribution in [-0.2, 0) is 28.7 Å². The summed E-state index contributed by atoms with van der Waals surface area (Å²) in [5.41, 5.74) is 0. The van der Waals surface area contributed by atoms with Gasteiger partial charge in [-0.2, -0.15) is 0 Å². The molecule has 2 N–H and O–H groups in total. The number of carboxylic acid groups (broad SMARTS) is 2. The number of carboxylic acids is 2. The van der Waals surface area contributed by atoms with Crippen LogP contribution in [0.2, 0.25) is 0 Å². The lowest BCUT2D eigenvalue weighted by atomic mass is 10.1. The first-order valence-corrected chi connectivity index (χ1v) is 11.8. The van der Waals surface area contributed by atoms with E-state index in [-0.39, 0.29) is 24.8 Å². The van der Waals surface area contributed by atoms with Gasteiger partial charge in [0.05, 0.1) is 26.1 Å². The smallest absolute Gasteiger partial charge is 0.328 e. The van der Waals surface area contributed by atoms with Crippen molar-refractivity contribution in [1.29, 1.82) is 0 Å². The van der Waals surface area contributed by atoms with E-state index in [1.807, 2.05) is 0 Å². The Kier molecular flexibility index (Phi) is 24.7. The number of carbonyl (C=O) groups is 4. The van der Waals surface area contributed by atoms with Gasteiger partial charge >= 0.3 is 23.9 Å². The lowest BCUT2D eigenvalue weighted by Crippen LogP contribution is -2.11. The molecule has 186 valence electrons. The van der Waals surface area contributed by atoms with Crippen molar-refractivity contribution in [3.8, 4) is 0 Å². The van der Waals surface area contributed by atoms with E-state index < -0.39 is 11.9 Å². The normalized spacial score (nSPS) is 10.3. The van der Waals surface area contributed by atoms with Crippen LogP contribution in [0.15, 0.2) is 12.2 Å². The molecule has 0 atom stereocenters. The summed E-state index contributed by atoms with van der Waals surface area (Å²) < 4.78 is 10.3. The summed E-state index contributed by atoms with van der Waals surface area (Å²) in [6.07, 6.45) is 15.4. The molecule has 0 radical (unpaired) electrons. The first-order chi connectivity index (χ1) is 15.3. The van der Waals surface area contributed by atoms with Crippen LogP contribution in [0.1, 0.15) is 104 Å². The molecule has 0 saturated heterocycles. The minimum absolute atomic E-state index is 0.130. The molecular formula is C24H42O8. The van der Waals surface area contributed by atoms with Crippen LogP contribution >= 0.6 is 0 Å². The monoisotopic (exact) mass is 458 g/mol. The van der Waals surface area contributed by atoms with Gasteiger partial charge in [0, 0.05) is 12.2 Å². The predicted molar refractivity (Wildman–Crippen MR) is 122 cm³/mol. The predicted octanol–water partition coefficient (Wildman–Crippen LogP) is 5.29. The summed E-state index contributed by atoms with van der Waals surface area (Å²) in [5.74, 6) is -3.10. The van der Waals surface area contributed by atoms with E-state index in [1.165, 1.54) is 51.4 Å². The van der Waals surface area contributed by atoms with E-state index in [0.717, 1.165) is 25.7 Å². The second-order valence-corrected chi connectivity index (χ2v) is 7.49. The third kappa shape index (κ3) is 29.8. The molecule has 32 heavy (non-hydrogen) atoms. The average molecular weight is 459 g/mol. The highest BCUT2D eigenvalue weighted by Gasteiger charge is 2.09. The number of unbranched alkanes of at least 4 members (excludes halogenated alkanes) is 10. The molecule has 8 heteroatoms. The van der Waals surface area contributed by atoms with Crippen molar-refractivity contribution in [2.24, 2.45) is 0 Å². The Balaban J connectivity index is 0. The molecule has 0 bridgehead atoms. The molecule has 0 aliphatic rings. The maximum absolute atomic E-state index is 11.5. The summed E-state index contributed by atoms with van der Waals surface area (Å²) >= 11 is 0. The largest absolute Gasteiger partial charge is 0.478 e. The SMILES string of the molecule is CCCCCCCCOC(=O)CCC(=O)OCCCCCCCC.O=C(O)/C=C\C(=O)O. The highest BCUT2D eigenvalue weighted by Crippen LogP contribution is 2.07.